The van der Waals surface area contributed by atoms with Crippen LogP contribution in [-0.2, 0) is 22.6 Å². The summed E-state index contributed by atoms with van der Waals surface area (Å²) in [5.74, 6) is 1.25. The molecule has 9 heteroatoms. The maximum atomic E-state index is 13.1. The molecule has 0 aliphatic carbocycles. The average molecular weight is 483 g/mol. The van der Waals surface area contributed by atoms with E-state index >= 15 is 0 Å². The summed E-state index contributed by atoms with van der Waals surface area (Å²) >= 11 is 0. The minimum Gasteiger partial charge on any atom is -0.444 e. The number of likely N-dealkylation sites (tertiary alicyclic amines) is 1. The van der Waals surface area contributed by atoms with Crippen LogP contribution in [0, 0.1) is 5.92 Å². The van der Waals surface area contributed by atoms with Crippen LogP contribution in [-0.4, -0.2) is 63.4 Å². The van der Waals surface area contributed by atoms with E-state index in [1.807, 2.05) is 62.1 Å². The van der Waals surface area contributed by atoms with Crippen LogP contribution in [0.15, 0.2) is 40.9 Å². The van der Waals surface area contributed by atoms with Crippen LogP contribution in [0.4, 0.5) is 9.59 Å². The third-order valence-corrected chi connectivity index (χ3v) is 6.86. The van der Waals surface area contributed by atoms with Crippen LogP contribution >= 0.6 is 0 Å². The first-order valence-corrected chi connectivity index (χ1v) is 12.5. The highest BCUT2D eigenvalue weighted by molar-refractivity contribution is 5.77. The van der Waals surface area contributed by atoms with Gasteiger partial charge in [-0.3, -0.25) is 4.84 Å². The summed E-state index contributed by atoms with van der Waals surface area (Å²) in [6.07, 6.45) is 3.14. The van der Waals surface area contributed by atoms with Gasteiger partial charge in [-0.25, -0.2) is 9.59 Å². The molecule has 0 spiro atoms. The number of rotatable bonds is 7. The Morgan fingerprint density at radius 1 is 1.14 bits per heavy atom. The number of piperidine rings is 1. The van der Waals surface area contributed by atoms with Crippen LogP contribution < -0.4 is 0 Å². The Morgan fingerprint density at radius 3 is 2.66 bits per heavy atom. The third kappa shape index (κ3) is 5.29. The molecule has 0 saturated carbocycles. The molecule has 9 nitrogen and oxygen atoms in total. The molecule has 0 N–H and O–H groups in total. The number of aromatic nitrogens is 1. The van der Waals surface area contributed by atoms with Gasteiger partial charge in [-0.1, -0.05) is 35.5 Å². The number of carbonyl (C=O) groups excluding carboxylic acids is 2. The van der Waals surface area contributed by atoms with Gasteiger partial charge in [0, 0.05) is 32.1 Å². The summed E-state index contributed by atoms with van der Waals surface area (Å²) in [7, 11) is 0. The summed E-state index contributed by atoms with van der Waals surface area (Å²) in [5, 5.41) is 5.84. The number of fused-ring (bicyclic) bond motifs is 2. The fraction of sp³-hybridized carbons (Fsp3) is 0.577. The SMILES string of the molecule is CC(C)(C)OC(=O)N1CC(CCc2cc([C@@H]3CCC4CN3C(=O)N4OCc3ccccc3)no2)C1. The molecule has 3 fully saturated rings. The number of hydroxylamine groups is 2. The molecule has 1 unspecified atom stereocenters. The van der Waals surface area contributed by atoms with Crippen molar-refractivity contribution in [2.45, 2.75) is 70.7 Å². The van der Waals surface area contributed by atoms with E-state index in [1.54, 1.807) is 9.96 Å². The van der Waals surface area contributed by atoms with Gasteiger partial charge in [0.2, 0.25) is 0 Å². The molecule has 3 aliphatic heterocycles. The van der Waals surface area contributed by atoms with Crippen molar-refractivity contribution in [3.8, 4) is 0 Å². The molecular formula is C26H34N4O5. The molecule has 1 aromatic carbocycles. The Hall–Kier alpha value is -3.07. The Bertz CT molecular complexity index is 1040. The topological polar surface area (TPSA) is 88.4 Å². The molecule has 0 radical (unpaired) electrons. The highest BCUT2D eigenvalue weighted by atomic mass is 16.7. The number of benzene rings is 1. The molecule has 3 saturated heterocycles. The van der Waals surface area contributed by atoms with Crippen molar-refractivity contribution >= 4 is 12.1 Å². The van der Waals surface area contributed by atoms with Crippen molar-refractivity contribution in [2.24, 2.45) is 5.92 Å². The van der Waals surface area contributed by atoms with Crippen molar-refractivity contribution in [3.05, 3.63) is 53.4 Å². The Kier molecular flexibility index (Phi) is 6.44. The molecule has 3 aliphatic rings. The van der Waals surface area contributed by atoms with E-state index in [0.717, 1.165) is 42.7 Å². The maximum Gasteiger partial charge on any atom is 0.410 e. The lowest BCUT2D eigenvalue weighted by atomic mass is 9.94. The quantitative estimate of drug-likeness (QED) is 0.575. The Morgan fingerprint density at radius 2 is 1.91 bits per heavy atom. The number of carbonyl (C=O) groups is 2. The fourth-order valence-corrected chi connectivity index (χ4v) is 5.00. The van der Waals surface area contributed by atoms with E-state index < -0.39 is 5.60 Å². The molecule has 2 atom stereocenters. The largest absolute Gasteiger partial charge is 0.444 e. The highest BCUT2D eigenvalue weighted by Gasteiger charge is 2.47. The first kappa shape index (κ1) is 23.7. The molecule has 4 heterocycles. The van der Waals surface area contributed by atoms with Gasteiger partial charge >= 0.3 is 12.1 Å². The first-order valence-electron chi connectivity index (χ1n) is 12.5. The number of nitrogens with zero attached hydrogens (tertiary/aromatic N) is 4. The predicted molar refractivity (Wildman–Crippen MR) is 127 cm³/mol. The summed E-state index contributed by atoms with van der Waals surface area (Å²) in [6, 6.07) is 11.7. The van der Waals surface area contributed by atoms with Crippen LogP contribution in [0.1, 0.15) is 63.1 Å². The van der Waals surface area contributed by atoms with Gasteiger partial charge in [-0.05, 0) is 51.5 Å². The molecule has 188 valence electrons. The summed E-state index contributed by atoms with van der Waals surface area (Å²) < 4.78 is 11.0. The van der Waals surface area contributed by atoms with Gasteiger partial charge in [0.15, 0.2) is 0 Å². The second-order valence-corrected chi connectivity index (χ2v) is 10.8. The predicted octanol–water partition coefficient (Wildman–Crippen LogP) is 4.55. The van der Waals surface area contributed by atoms with E-state index in [2.05, 4.69) is 5.16 Å². The molecule has 3 amide bonds. The second-order valence-electron chi connectivity index (χ2n) is 10.8. The lowest BCUT2D eigenvalue weighted by Crippen LogP contribution is -2.51. The standard InChI is InChI=1S/C26H34N4O5/c1-26(2,3)34-25(32)28-14-19(15-28)9-11-21-13-22(27-35-21)23-12-10-20-16-29(23)24(31)30(20)33-17-18-7-5-4-6-8-18/h4-8,13,19-20,23H,9-12,14-17H2,1-3H3/t20?,23-/m0/s1. The third-order valence-electron chi connectivity index (χ3n) is 6.86. The molecule has 1 aromatic heterocycles. The zero-order valence-corrected chi connectivity index (χ0v) is 20.7. The van der Waals surface area contributed by atoms with Crippen LogP contribution in [0.25, 0.3) is 0 Å². The Labute approximate surface area is 205 Å². The van der Waals surface area contributed by atoms with Crippen molar-refractivity contribution in [3.63, 3.8) is 0 Å². The van der Waals surface area contributed by atoms with E-state index in [1.165, 1.54) is 0 Å². The molecule has 5 rings (SSSR count). The fourth-order valence-electron chi connectivity index (χ4n) is 5.00. The zero-order valence-electron chi connectivity index (χ0n) is 20.7. The second kappa shape index (κ2) is 9.53. The normalized spacial score (nSPS) is 22.5. The van der Waals surface area contributed by atoms with Gasteiger partial charge < -0.3 is 19.1 Å². The molecular weight excluding hydrogens is 448 g/mol. The minimum atomic E-state index is -0.473. The zero-order chi connectivity index (χ0) is 24.6. The van der Waals surface area contributed by atoms with E-state index in [0.29, 0.717) is 32.2 Å². The van der Waals surface area contributed by atoms with Crippen molar-refractivity contribution in [1.29, 1.82) is 0 Å². The number of urea groups is 1. The summed E-state index contributed by atoms with van der Waals surface area (Å²) in [4.78, 5) is 34.6. The van der Waals surface area contributed by atoms with Crippen molar-refractivity contribution < 1.29 is 23.7 Å². The molecule has 2 aromatic rings. The van der Waals surface area contributed by atoms with Gasteiger partial charge in [-0.15, -0.1) is 0 Å². The number of hydrogen-bond donors (Lipinski definition) is 0. The average Bonchev–Trinajstić information content (AvgIpc) is 3.34. The van der Waals surface area contributed by atoms with Crippen molar-refractivity contribution in [2.75, 3.05) is 19.6 Å². The smallest absolute Gasteiger partial charge is 0.410 e. The highest BCUT2D eigenvalue weighted by Crippen LogP contribution is 2.38. The number of hydrogen-bond acceptors (Lipinski definition) is 6. The lowest BCUT2D eigenvalue weighted by Gasteiger charge is -2.39. The molecule has 35 heavy (non-hydrogen) atoms. The lowest BCUT2D eigenvalue weighted by molar-refractivity contribution is -0.140. The van der Waals surface area contributed by atoms with Crippen molar-refractivity contribution in [1.82, 2.24) is 20.0 Å². The molecule has 2 bridgehead atoms. The number of aryl methyl sites for hydroxylation is 1. The van der Waals surface area contributed by atoms with Gasteiger partial charge in [0.25, 0.3) is 0 Å². The van der Waals surface area contributed by atoms with E-state index in [-0.39, 0.29) is 24.2 Å². The van der Waals surface area contributed by atoms with Crippen LogP contribution in [0.2, 0.25) is 0 Å². The van der Waals surface area contributed by atoms with Gasteiger partial charge in [-0.2, -0.15) is 5.06 Å². The van der Waals surface area contributed by atoms with E-state index in [9.17, 15) is 9.59 Å². The number of ether oxygens (including phenoxy) is 1. The summed E-state index contributed by atoms with van der Waals surface area (Å²) in [6.45, 7) is 8.07. The van der Waals surface area contributed by atoms with Crippen LogP contribution in [0.5, 0.6) is 0 Å². The van der Waals surface area contributed by atoms with Gasteiger partial charge in [0.1, 0.15) is 23.7 Å². The van der Waals surface area contributed by atoms with E-state index in [4.69, 9.17) is 14.1 Å². The maximum absolute atomic E-state index is 13.1. The minimum absolute atomic E-state index is 0.0698. The first-order chi connectivity index (χ1) is 16.8. The van der Waals surface area contributed by atoms with Crippen LogP contribution in [0.3, 0.4) is 0 Å². The Balaban J connectivity index is 1.10. The number of amides is 3. The summed E-state index contributed by atoms with van der Waals surface area (Å²) in [5.41, 5.74) is 1.37. The monoisotopic (exact) mass is 482 g/mol. The van der Waals surface area contributed by atoms with Gasteiger partial charge in [0.05, 0.1) is 12.1 Å².